The highest BCUT2D eigenvalue weighted by molar-refractivity contribution is 7.19. The van der Waals surface area contributed by atoms with Gasteiger partial charge >= 0.3 is 5.97 Å². The van der Waals surface area contributed by atoms with Gasteiger partial charge < -0.3 is 9.47 Å². The summed E-state index contributed by atoms with van der Waals surface area (Å²) < 4.78 is 11.7. The number of hydrogen-bond acceptors (Lipinski definition) is 6. The largest absolute Gasteiger partial charge is 0.462 e. The molecule has 0 saturated heterocycles. The fourth-order valence-electron chi connectivity index (χ4n) is 2.92. The van der Waals surface area contributed by atoms with Crippen molar-refractivity contribution in [1.82, 2.24) is 9.55 Å². The molecule has 0 bridgehead atoms. The molecule has 0 unspecified atom stereocenters. The molecular weight excluding hydrogens is 364 g/mol. The monoisotopic (exact) mass is 386 g/mol. The van der Waals surface area contributed by atoms with Crippen LogP contribution in [0.5, 0.6) is 0 Å². The van der Waals surface area contributed by atoms with E-state index in [4.69, 9.17) is 9.47 Å². The van der Waals surface area contributed by atoms with Gasteiger partial charge in [-0.15, -0.1) is 11.3 Å². The zero-order chi connectivity index (χ0) is 19.4. The molecule has 0 aliphatic heterocycles. The van der Waals surface area contributed by atoms with E-state index < -0.39 is 12.0 Å². The molecule has 0 aliphatic carbocycles. The number of esters is 1. The SMILES string of the molecule is CCOCCOC(=O)[C@@H](C)n1cnc2sc(C)c(-c3ccccc3)c2c1=O. The topological polar surface area (TPSA) is 70.4 Å². The molecule has 0 amide bonds. The minimum absolute atomic E-state index is 0.161. The predicted molar refractivity (Wildman–Crippen MR) is 106 cm³/mol. The van der Waals surface area contributed by atoms with Crippen LogP contribution >= 0.6 is 11.3 Å². The number of hydrogen-bond donors (Lipinski definition) is 0. The third kappa shape index (κ3) is 3.94. The number of aryl methyl sites for hydroxylation is 1. The van der Waals surface area contributed by atoms with Gasteiger partial charge in [-0.2, -0.15) is 0 Å². The summed E-state index contributed by atoms with van der Waals surface area (Å²) >= 11 is 1.48. The van der Waals surface area contributed by atoms with Gasteiger partial charge in [-0.25, -0.2) is 9.78 Å². The van der Waals surface area contributed by atoms with Crippen LogP contribution in [-0.4, -0.2) is 35.3 Å². The first-order valence-corrected chi connectivity index (χ1v) is 9.66. The molecule has 0 saturated carbocycles. The Labute approximate surface area is 161 Å². The normalized spacial score (nSPS) is 12.3. The molecule has 1 atom stereocenters. The average molecular weight is 386 g/mol. The molecule has 142 valence electrons. The first-order chi connectivity index (χ1) is 13.0. The van der Waals surface area contributed by atoms with Crippen LogP contribution in [0.25, 0.3) is 21.3 Å². The predicted octanol–water partition coefficient (Wildman–Crippen LogP) is 3.57. The van der Waals surface area contributed by atoms with Gasteiger partial charge in [0.1, 0.15) is 17.5 Å². The number of carbonyl (C=O) groups excluding carboxylic acids is 1. The number of ether oxygens (including phenoxy) is 2. The van der Waals surface area contributed by atoms with Gasteiger partial charge in [-0.05, 0) is 26.3 Å². The number of carbonyl (C=O) groups is 1. The van der Waals surface area contributed by atoms with E-state index in [-0.39, 0.29) is 12.2 Å². The molecule has 27 heavy (non-hydrogen) atoms. The lowest BCUT2D eigenvalue weighted by atomic mass is 10.0. The molecule has 0 fully saturated rings. The van der Waals surface area contributed by atoms with Gasteiger partial charge in [0, 0.05) is 17.0 Å². The van der Waals surface area contributed by atoms with Gasteiger partial charge in [-0.1, -0.05) is 30.3 Å². The van der Waals surface area contributed by atoms with E-state index in [9.17, 15) is 9.59 Å². The second kappa shape index (κ2) is 8.45. The highest BCUT2D eigenvalue weighted by atomic mass is 32.1. The summed E-state index contributed by atoms with van der Waals surface area (Å²) in [6.07, 6.45) is 1.42. The molecular formula is C20H22N2O4S. The van der Waals surface area contributed by atoms with E-state index in [0.29, 0.717) is 23.4 Å². The molecule has 1 aromatic carbocycles. The van der Waals surface area contributed by atoms with E-state index in [1.807, 2.05) is 44.2 Å². The van der Waals surface area contributed by atoms with Crippen molar-refractivity contribution in [1.29, 1.82) is 0 Å². The number of benzene rings is 1. The maximum atomic E-state index is 13.2. The molecule has 0 aliphatic rings. The Bertz CT molecular complexity index is 994. The van der Waals surface area contributed by atoms with Crippen LogP contribution in [0.3, 0.4) is 0 Å². The maximum absolute atomic E-state index is 13.2. The first kappa shape index (κ1) is 19.3. The Morgan fingerprint density at radius 1 is 1.26 bits per heavy atom. The van der Waals surface area contributed by atoms with Crippen molar-refractivity contribution in [3.8, 4) is 11.1 Å². The summed E-state index contributed by atoms with van der Waals surface area (Å²) in [6.45, 7) is 6.55. The second-order valence-corrected chi connectivity index (χ2v) is 7.28. The zero-order valence-corrected chi connectivity index (χ0v) is 16.4. The third-order valence-corrected chi connectivity index (χ3v) is 5.32. The Morgan fingerprint density at radius 3 is 2.70 bits per heavy atom. The fraction of sp³-hybridized carbons (Fsp3) is 0.350. The minimum atomic E-state index is -0.764. The summed E-state index contributed by atoms with van der Waals surface area (Å²) in [4.78, 5) is 31.5. The summed E-state index contributed by atoms with van der Waals surface area (Å²) in [7, 11) is 0. The van der Waals surface area contributed by atoms with Gasteiger partial charge in [0.2, 0.25) is 0 Å². The number of fused-ring (bicyclic) bond motifs is 1. The summed E-state index contributed by atoms with van der Waals surface area (Å²) in [6, 6.07) is 8.98. The summed E-state index contributed by atoms with van der Waals surface area (Å²) in [5.74, 6) is -0.480. The van der Waals surface area contributed by atoms with Crippen molar-refractivity contribution >= 4 is 27.5 Å². The van der Waals surface area contributed by atoms with Gasteiger partial charge in [0.15, 0.2) is 0 Å². The van der Waals surface area contributed by atoms with Crippen molar-refractivity contribution in [2.24, 2.45) is 0 Å². The molecule has 6 nitrogen and oxygen atoms in total. The smallest absolute Gasteiger partial charge is 0.329 e. The van der Waals surface area contributed by atoms with Gasteiger partial charge in [0.05, 0.1) is 18.3 Å². The van der Waals surface area contributed by atoms with Crippen molar-refractivity contribution in [3.05, 3.63) is 51.9 Å². The van der Waals surface area contributed by atoms with Gasteiger partial charge in [0.25, 0.3) is 5.56 Å². The highest BCUT2D eigenvalue weighted by Gasteiger charge is 2.22. The van der Waals surface area contributed by atoms with Crippen molar-refractivity contribution in [2.45, 2.75) is 26.8 Å². The third-order valence-electron chi connectivity index (χ3n) is 4.31. The van der Waals surface area contributed by atoms with Gasteiger partial charge in [-0.3, -0.25) is 9.36 Å². The van der Waals surface area contributed by atoms with Crippen LogP contribution in [0.4, 0.5) is 0 Å². The molecule has 0 spiro atoms. The van der Waals surface area contributed by atoms with Crippen LogP contribution in [0.15, 0.2) is 41.5 Å². The van der Waals surface area contributed by atoms with Crippen molar-refractivity contribution in [2.75, 3.05) is 19.8 Å². The van der Waals surface area contributed by atoms with E-state index >= 15 is 0 Å². The number of aromatic nitrogens is 2. The Balaban J connectivity index is 1.98. The van der Waals surface area contributed by atoms with Crippen LogP contribution in [0, 0.1) is 6.92 Å². The molecule has 2 aromatic heterocycles. The first-order valence-electron chi connectivity index (χ1n) is 8.84. The molecule has 3 aromatic rings. The number of rotatable bonds is 7. The number of thiophene rings is 1. The average Bonchev–Trinajstić information content (AvgIpc) is 3.02. The van der Waals surface area contributed by atoms with Crippen molar-refractivity contribution < 1.29 is 14.3 Å². The van der Waals surface area contributed by atoms with E-state index in [1.165, 1.54) is 22.2 Å². The fourth-order valence-corrected chi connectivity index (χ4v) is 3.93. The molecule has 7 heteroatoms. The minimum Gasteiger partial charge on any atom is -0.462 e. The zero-order valence-electron chi connectivity index (χ0n) is 15.6. The lowest BCUT2D eigenvalue weighted by Crippen LogP contribution is -2.30. The Morgan fingerprint density at radius 2 is 2.00 bits per heavy atom. The highest BCUT2D eigenvalue weighted by Crippen LogP contribution is 2.35. The second-order valence-electron chi connectivity index (χ2n) is 6.08. The van der Waals surface area contributed by atoms with E-state index in [2.05, 4.69) is 4.98 Å². The molecule has 0 radical (unpaired) electrons. The van der Waals surface area contributed by atoms with Crippen LogP contribution in [-0.2, 0) is 14.3 Å². The molecule has 3 rings (SSSR count). The quantitative estimate of drug-likeness (QED) is 0.459. The Kier molecular flexibility index (Phi) is 6.03. The number of nitrogens with zero attached hydrogens (tertiary/aromatic N) is 2. The molecule has 0 N–H and O–H groups in total. The Hall–Kier alpha value is -2.51. The van der Waals surface area contributed by atoms with E-state index in [0.717, 1.165) is 16.0 Å². The molecule has 2 heterocycles. The lowest BCUT2D eigenvalue weighted by molar-refractivity contribution is -0.148. The van der Waals surface area contributed by atoms with Crippen LogP contribution < -0.4 is 5.56 Å². The summed E-state index contributed by atoms with van der Waals surface area (Å²) in [5, 5.41) is 0.542. The van der Waals surface area contributed by atoms with Crippen molar-refractivity contribution in [3.63, 3.8) is 0 Å². The lowest BCUT2D eigenvalue weighted by Gasteiger charge is -2.14. The van der Waals surface area contributed by atoms with Crippen LogP contribution in [0.1, 0.15) is 24.8 Å². The summed E-state index contributed by atoms with van der Waals surface area (Å²) in [5.41, 5.74) is 1.60. The van der Waals surface area contributed by atoms with Crippen LogP contribution in [0.2, 0.25) is 0 Å². The van der Waals surface area contributed by atoms with E-state index in [1.54, 1.807) is 6.92 Å². The maximum Gasteiger partial charge on any atom is 0.329 e. The standard InChI is InChI=1S/C20H22N2O4S/c1-4-25-10-11-26-20(24)13(2)22-12-21-18-17(19(22)23)16(14(3)27-18)15-8-6-5-7-9-15/h5-9,12-13H,4,10-11H2,1-3H3/t13-/m1/s1.